The van der Waals surface area contributed by atoms with E-state index in [-0.39, 0.29) is 0 Å². The minimum Gasteiger partial charge on any atom is -0.330 e. The van der Waals surface area contributed by atoms with Gasteiger partial charge in [0.25, 0.3) is 0 Å². The number of rotatable bonds is 1. The molecule has 3 aliphatic rings. The number of fused-ring (bicyclic) bond motifs is 5. The first-order valence-corrected chi connectivity index (χ1v) is 5.57. The van der Waals surface area contributed by atoms with Gasteiger partial charge in [-0.2, -0.15) is 0 Å². The average Bonchev–Trinajstić information content (AvgIpc) is 2.76. The third kappa shape index (κ3) is 0.654. The van der Waals surface area contributed by atoms with Crippen LogP contribution >= 0.6 is 0 Å². The van der Waals surface area contributed by atoms with Crippen molar-refractivity contribution in [3.63, 3.8) is 0 Å². The van der Waals surface area contributed by atoms with Gasteiger partial charge < -0.3 is 5.73 Å². The molecular formula is C11H19N. The molecule has 2 N–H and O–H groups in total. The Balaban J connectivity index is 1.98. The second-order valence-electron chi connectivity index (χ2n) is 5.21. The molecule has 0 amide bonds. The Hall–Kier alpha value is -0.0400. The van der Waals surface area contributed by atoms with E-state index in [1.165, 1.54) is 38.5 Å². The van der Waals surface area contributed by atoms with Crippen LogP contribution in [-0.2, 0) is 0 Å². The van der Waals surface area contributed by atoms with E-state index >= 15 is 0 Å². The zero-order valence-electron chi connectivity index (χ0n) is 7.76. The molecule has 3 aliphatic carbocycles. The van der Waals surface area contributed by atoms with Crippen molar-refractivity contribution in [1.29, 1.82) is 0 Å². The third-order valence-corrected chi connectivity index (χ3v) is 5.13. The fourth-order valence-electron chi connectivity index (χ4n) is 4.66. The van der Waals surface area contributed by atoms with E-state index in [4.69, 9.17) is 5.73 Å². The maximum Gasteiger partial charge on any atom is -0.00151 e. The highest BCUT2D eigenvalue weighted by Crippen LogP contribution is 2.65. The summed E-state index contributed by atoms with van der Waals surface area (Å²) in [5.41, 5.74) is 6.64. The van der Waals surface area contributed by atoms with Crippen molar-refractivity contribution in [1.82, 2.24) is 0 Å². The predicted octanol–water partition coefficient (Wildman–Crippen LogP) is 2.16. The molecule has 0 unspecified atom stereocenters. The van der Waals surface area contributed by atoms with Gasteiger partial charge >= 0.3 is 0 Å². The van der Waals surface area contributed by atoms with Gasteiger partial charge in [0.05, 0.1) is 0 Å². The van der Waals surface area contributed by atoms with Gasteiger partial charge in [-0.15, -0.1) is 0 Å². The van der Waals surface area contributed by atoms with Crippen molar-refractivity contribution < 1.29 is 0 Å². The summed E-state index contributed by atoms with van der Waals surface area (Å²) in [7, 11) is 0. The Morgan fingerprint density at radius 1 is 1.25 bits per heavy atom. The number of nitrogens with two attached hydrogens (primary N) is 1. The normalized spacial score (nSPS) is 56.2. The second-order valence-corrected chi connectivity index (χ2v) is 5.21. The van der Waals surface area contributed by atoms with Crippen molar-refractivity contribution >= 4 is 0 Å². The van der Waals surface area contributed by atoms with Crippen LogP contribution in [0.1, 0.15) is 38.5 Å². The lowest BCUT2D eigenvalue weighted by Crippen LogP contribution is -2.39. The van der Waals surface area contributed by atoms with Crippen LogP contribution in [0.4, 0.5) is 0 Å². The zero-order valence-corrected chi connectivity index (χ0v) is 7.76. The summed E-state index contributed by atoms with van der Waals surface area (Å²) < 4.78 is 0. The van der Waals surface area contributed by atoms with Gasteiger partial charge in [-0.05, 0) is 61.8 Å². The molecule has 4 atom stereocenters. The van der Waals surface area contributed by atoms with Gasteiger partial charge in [-0.3, -0.25) is 0 Å². The van der Waals surface area contributed by atoms with Crippen molar-refractivity contribution in [3.8, 4) is 0 Å². The average molecular weight is 165 g/mol. The van der Waals surface area contributed by atoms with Crippen LogP contribution in [0.15, 0.2) is 0 Å². The van der Waals surface area contributed by atoms with Gasteiger partial charge in [0.15, 0.2) is 0 Å². The molecular weight excluding hydrogens is 146 g/mol. The molecule has 3 rings (SSSR count). The first kappa shape index (κ1) is 7.37. The minimum atomic E-state index is 0.642. The molecule has 0 aromatic heterocycles. The maximum absolute atomic E-state index is 6.00. The quantitative estimate of drug-likeness (QED) is 0.633. The Morgan fingerprint density at radius 3 is 2.92 bits per heavy atom. The molecule has 1 nitrogen and oxygen atoms in total. The molecule has 12 heavy (non-hydrogen) atoms. The zero-order chi connectivity index (χ0) is 8.18. The van der Waals surface area contributed by atoms with Gasteiger partial charge in [0.2, 0.25) is 0 Å². The summed E-state index contributed by atoms with van der Waals surface area (Å²) in [5.74, 6) is 3.15. The van der Waals surface area contributed by atoms with E-state index in [0.29, 0.717) is 5.41 Å². The monoisotopic (exact) mass is 165 g/mol. The highest BCUT2D eigenvalue weighted by molar-refractivity contribution is 5.09. The molecule has 0 saturated heterocycles. The Bertz CT molecular complexity index is 201. The van der Waals surface area contributed by atoms with E-state index < -0.39 is 0 Å². The van der Waals surface area contributed by atoms with Crippen molar-refractivity contribution in [2.75, 3.05) is 6.54 Å². The van der Waals surface area contributed by atoms with E-state index in [0.717, 1.165) is 24.3 Å². The lowest BCUT2D eigenvalue weighted by Gasteiger charge is -2.38. The number of hydrogen-bond acceptors (Lipinski definition) is 1. The van der Waals surface area contributed by atoms with Gasteiger partial charge in [-0.25, -0.2) is 0 Å². The number of hydrogen-bond donors (Lipinski definition) is 1. The fourth-order valence-corrected chi connectivity index (χ4v) is 4.66. The SMILES string of the molecule is NC[C@]12CCC[C@@H]1[C@@H]1CC[C@H]2C1. The van der Waals surface area contributed by atoms with Crippen molar-refractivity contribution in [2.24, 2.45) is 28.9 Å². The molecule has 0 aromatic rings. The van der Waals surface area contributed by atoms with Crippen LogP contribution in [0.25, 0.3) is 0 Å². The molecule has 2 bridgehead atoms. The van der Waals surface area contributed by atoms with Crippen LogP contribution in [0.3, 0.4) is 0 Å². The van der Waals surface area contributed by atoms with E-state index in [2.05, 4.69) is 0 Å². The smallest absolute Gasteiger partial charge is 0.00151 e. The molecule has 68 valence electrons. The topological polar surface area (TPSA) is 26.0 Å². The van der Waals surface area contributed by atoms with Crippen molar-refractivity contribution in [2.45, 2.75) is 38.5 Å². The second kappa shape index (κ2) is 2.25. The first-order valence-electron chi connectivity index (χ1n) is 5.57. The van der Waals surface area contributed by atoms with Gasteiger partial charge in [0.1, 0.15) is 0 Å². The summed E-state index contributed by atoms with van der Waals surface area (Å²) in [5, 5.41) is 0. The first-order chi connectivity index (χ1) is 5.87. The van der Waals surface area contributed by atoms with E-state index in [1.54, 1.807) is 0 Å². The van der Waals surface area contributed by atoms with Gasteiger partial charge in [0, 0.05) is 0 Å². The summed E-state index contributed by atoms with van der Waals surface area (Å²) in [4.78, 5) is 0. The third-order valence-electron chi connectivity index (χ3n) is 5.13. The Labute approximate surface area is 74.7 Å². The van der Waals surface area contributed by atoms with Crippen molar-refractivity contribution in [3.05, 3.63) is 0 Å². The molecule has 0 spiro atoms. The lowest BCUT2D eigenvalue weighted by atomic mass is 9.68. The molecule has 3 fully saturated rings. The maximum atomic E-state index is 6.00. The summed E-state index contributed by atoms with van der Waals surface area (Å²) >= 11 is 0. The predicted molar refractivity (Wildman–Crippen MR) is 49.7 cm³/mol. The molecule has 0 aliphatic heterocycles. The minimum absolute atomic E-state index is 0.642. The lowest BCUT2D eigenvalue weighted by molar-refractivity contribution is 0.121. The van der Waals surface area contributed by atoms with Crippen LogP contribution in [-0.4, -0.2) is 6.54 Å². The van der Waals surface area contributed by atoms with Gasteiger partial charge in [-0.1, -0.05) is 6.42 Å². The molecule has 1 heteroatoms. The summed E-state index contributed by atoms with van der Waals surface area (Å²) in [6.45, 7) is 0.985. The van der Waals surface area contributed by atoms with E-state index in [9.17, 15) is 0 Å². The van der Waals surface area contributed by atoms with Crippen LogP contribution in [0.2, 0.25) is 0 Å². The van der Waals surface area contributed by atoms with E-state index in [1.807, 2.05) is 0 Å². The molecule has 0 aromatic carbocycles. The standard InChI is InChI=1S/C11H19N/c12-7-11-5-1-2-10(11)8-3-4-9(11)6-8/h8-10H,1-7,12H2/t8-,9+,10-,11+/m1/s1. The largest absolute Gasteiger partial charge is 0.330 e. The molecule has 3 saturated carbocycles. The Kier molecular flexibility index (Phi) is 1.39. The fraction of sp³-hybridized carbons (Fsp3) is 1.00. The molecule has 0 heterocycles. The summed E-state index contributed by atoms with van der Waals surface area (Å²) in [6.07, 6.45) is 8.97. The highest BCUT2D eigenvalue weighted by Gasteiger charge is 2.58. The van der Waals surface area contributed by atoms with Crippen LogP contribution < -0.4 is 5.73 Å². The van der Waals surface area contributed by atoms with Crippen LogP contribution in [0, 0.1) is 23.2 Å². The highest BCUT2D eigenvalue weighted by atomic mass is 14.7. The molecule has 0 radical (unpaired) electrons. The summed E-state index contributed by atoms with van der Waals surface area (Å²) in [6, 6.07) is 0. The Morgan fingerprint density at radius 2 is 2.17 bits per heavy atom. The van der Waals surface area contributed by atoms with Crippen LogP contribution in [0.5, 0.6) is 0 Å².